The maximum absolute atomic E-state index is 16.7. The average molecular weight is 1730 g/mol. The standard InChI is InChI=1S/C110H195N4O10/c1-10-19-28-37-46-55-64-73-82-116-100-91-97(92-101(117-83-74-65-56-47-38-29-20-11-2)106(100)122-88-79-70-61-52-43-34-25-16-7)109-111-113(98-93-102(118-84-75-66-57-48-39-30-21-12-3)107(123-89-80-71-62-53-44-35-26-17-8)103(94-98)119-85-76-67-58-49-40-31-22-13-4)110(115)114(112-109)99-95-104(120-86-77-68-59-50-41-32-23-14-5)108(124-90-81-72-63-54-45-36-27-18-9)105(96-99)121-87-78-69-60-51-42-33-24-15-6/h91-96H,10-90H2,1-9H3. The topological polar surface area (TPSA) is 133 Å². The number of nitrogens with zero attached hydrogens (tertiary/aromatic N) is 4. The zero-order chi connectivity index (χ0) is 88.5. The maximum Gasteiger partial charge on any atom is 0.370 e. The number of urea groups is 1. The molecule has 3 aromatic carbocycles. The Bertz CT molecular complexity index is 2830. The predicted octanol–water partition coefficient (Wildman–Crippen LogP) is 35.7. The van der Waals surface area contributed by atoms with Gasteiger partial charge >= 0.3 is 6.03 Å². The molecule has 0 N–H and O–H groups in total. The third-order valence-corrected chi connectivity index (χ3v) is 24.8. The van der Waals surface area contributed by atoms with Crippen molar-refractivity contribution < 1.29 is 47.4 Å². The van der Waals surface area contributed by atoms with Crippen LogP contribution >= 0.6 is 0 Å². The van der Waals surface area contributed by atoms with Crippen molar-refractivity contribution in [2.45, 2.75) is 525 Å². The Morgan fingerprint density at radius 1 is 0.194 bits per heavy atom. The van der Waals surface area contributed by atoms with E-state index in [-0.39, 0.29) is 0 Å². The Morgan fingerprint density at radius 2 is 0.347 bits per heavy atom. The number of unbranched alkanes of at least 4 members (excludes halogenated alkanes) is 63. The highest BCUT2D eigenvalue weighted by atomic mass is 16.6. The van der Waals surface area contributed by atoms with E-state index in [0.717, 1.165) is 141 Å². The SMILES string of the molecule is CCCCCCCCCCOc1cc(C2=NN(c3cc(OCCCCCCCCCC)c(OCCCCCCCCCC)c(OCCCCCCCCCC)c3)C(=O)N(c3cc(OCCCCCCCCCC)c(OCCCCCCCCCC)c(OCCCCCCCCCC)c3)[N]2)cc(OCCCCCCCCCC)c1OCCCCCCCCCC. The molecule has 715 valence electrons. The summed E-state index contributed by atoms with van der Waals surface area (Å²) in [6.07, 6.45) is 85.3. The molecule has 3 aromatic rings. The van der Waals surface area contributed by atoms with Crippen LogP contribution in [-0.2, 0) is 0 Å². The van der Waals surface area contributed by atoms with Crippen LogP contribution in [0.2, 0.25) is 0 Å². The lowest BCUT2D eigenvalue weighted by molar-refractivity contribution is 0.233. The van der Waals surface area contributed by atoms with E-state index in [4.69, 9.17) is 53.2 Å². The fourth-order valence-electron chi connectivity index (χ4n) is 16.7. The van der Waals surface area contributed by atoms with E-state index in [1.807, 2.05) is 36.4 Å². The Hall–Kier alpha value is -5.40. The summed E-state index contributed by atoms with van der Waals surface area (Å²) in [7, 11) is 0. The van der Waals surface area contributed by atoms with Gasteiger partial charge in [-0.05, 0) is 69.9 Å². The van der Waals surface area contributed by atoms with Crippen molar-refractivity contribution >= 4 is 23.2 Å². The van der Waals surface area contributed by atoms with E-state index in [9.17, 15) is 0 Å². The van der Waals surface area contributed by atoms with Crippen LogP contribution in [0.1, 0.15) is 530 Å². The number of ether oxygens (including phenoxy) is 9. The van der Waals surface area contributed by atoms with Gasteiger partial charge in [0.2, 0.25) is 23.1 Å². The van der Waals surface area contributed by atoms with Crippen molar-refractivity contribution in [2.75, 3.05) is 69.5 Å². The summed E-state index contributed by atoms with van der Waals surface area (Å²) < 4.78 is 63.7. The first-order chi connectivity index (χ1) is 61.3. The van der Waals surface area contributed by atoms with Gasteiger partial charge in [0, 0.05) is 29.8 Å². The molecule has 0 unspecified atom stereocenters. The second-order valence-corrected chi connectivity index (χ2v) is 36.7. The van der Waals surface area contributed by atoms with Gasteiger partial charge in [0.05, 0.1) is 70.8 Å². The van der Waals surface area contributed by atoms with Gasteiger partial charge in [-0.3, -0.25) is 0 Å². The summed E-state index contributed by atoms with van der Waals surface area (Å²) in [6, 6.07) is 11.5. The number of hydrazone groups is 1. The van der Waals surface area contributed by atoms with Gasteiger partial charge in [0.25, 0.3) is 0 Å². The molecule has 0 saturated carbocycles. The highest BCUT2D eigenvalue weighted by Crippen LogP contribution is 2.47. The van der Waals surface area contributed by atoms with Crippen molar-refractivity contribution in [3.8, 4) is 51.7 Å². The number of benzene rings is 3. The number of amides is 2. The highest BCUT2D eigenvalue weighted by molar-refractivity contribution is 6.13. The monoisotopic (exact) mass is 1730 g/mol. The van der Waals surface area contributed by atoms with Gasteiger partial charge in [-0.2, -0.15) is 10.0 Å². The molecule has 4 rings (SSSR count). The van der Waals surface area contributed by atoms with E-state index in [1.54, 1.807) is 0 Å². The molecule has 0 spiro atoms. The number of amidine groups is 1. The van der Waals surface area contributed by atoms with Crippen LogP contribution in [0.4, 0.5) is 16.2 Å². The minimum absolute atomic E-state index is 0.291. The molecule has 0 saturated heterocycles. The quantitative estimate of drug-likeness (QED) is 0.0503. The smallest absolute Gasteiger partial charge is 0.370 e. The second kappa shape index (κ2) is 80.9. The van der Waals surface area contributed by atoms with Gasteiger partial charge < -0.3 is 42.6 Å². The summed E-state index contributed by atoms with van der Waals surface area (Å²) in [5.41, 5.74) is 7.09. The Balaban J connectivity index is 2.11. The van der Waals surface area contributed by atoms with Crippen LogP contribution in [0.5, 0.6) is 51.7 Å². The molecule has 0 aromatic heterocycles. The number of hydrogen-bond donors (Lipinski definition) is 0. The van der Waals surface area contributed by atoms with Crippen LogP contribution in [0.25, 0.3) is 0 Å². The lowest BCUT2D eigenvalue weighted by atomic mass is 10.1. The fraction of sp³-hybridized carbons (Fsp3) is 0.818. The largest absolute Gasteiger partial charge is 0.490 e. The van der Waals surface area contributed by atoms with Crippen LogP contribution in [0.15, 0.2) is 41.5 Å². The van der Waals surface area contributed by atoms with Gasteiger partial charge in [-0.15, -0.1) is 10.5 Å². The predicted molar refractivity (Wildman–Crippen MR) is 531 cm³/mol. The molecule has 0 aliphatic carbocycles. The van der Waals surface area contributed by atoms with Gasteiger partial charge in [-0.1, -0.05) is 467 Å². The maximum atomic E-state index is 16.7. The molecule has 2 amide bonds. The zero-order valence-electron chi connectivity index (χ0n) is 82.6. The summed E-state index contributed by atoms with van der Waals surface area (Å²) in [5, 5.41) is 8.53. The van der Waals surface area contributed by atoms with Crippen molar-refractivity contribution in [1.29, 1.82) is 0 Å². The molecule has 0 atom stereocenters. The fourth-order valence-corrected chi connectivity index (χ4v) is 16.7. The summed E-state index contributed by atoms with van der Waals surface area (Å²) in [4.78, 5) is 16.7. The molecule has 1 aliphatic heterocycles. The van der Waals surface area contributed by atoms with Crippen molar-refractivity contribution in [2.24, 2.45) is 5.10 Å². The van der Waals surface area contributed by atoms with Crippen LogP contribution in [0, 0.1) is 0 Å². The number of carbonyl (C=O) groups is 1. The van der Waals surface area contributed by atoms with Crippen molar-refractivity contribution in [3.63, 3.8) is 0 Å². The summed E-state index contributed by atoms with van der Waals surface area (Å²) in [5.74, 6) is 5.43. The van der Waals surface area contributed by atoms with Crippen LogP contribution in [-0.4, -0.2) is 71.3 Å². The lowest BCUT2D eigenvalue weighted by Gasteiger charge is -2.33. The zero-order valence-corrected chi connectivity index (χ0v) is 82.6. The average Bonchev–Trinajstić information content (AvgIpc) is 0.758. The first-order valence-electron chi connectivity index (χ1n) is 54.0. The number of hydrogen-bond acceptors (Lipinski definition) is 11. The first-order valence-corrected chi connectivity index (χ1v) is 54.0. The van der Waals surface area contributed by atoms with Crippen molar-refractivity contribution in [3.05, 3.63) is 42.0 Å². The van der Waals surface area contributed by atoms with E-state index in [2.05, 4.69) is 62.3 Å². The molecule has 1 aliphatic rings. The molecule has 124 heavy (non-hydrogen) atoms. The van der Waals surface area contributed by atoms with Gasteiger partial charge in [-0.25, -0.2) is 4.79 Å². The lowest BCUT2D eigenvalue weighted by Crippen LogP contribution is -2.52. The number of rotatable bonds is 93. The molecule has 0 fully saturated rings. The third kappa shape index (κ3) is 54.2. The number of carbonyl (C=O) groups excluding carboxylic acids is 1. The summed E-state index contributed by atoms with van der Waals surface area (Å²) >= 11 is 0. The molecule has 1 heterocycles. The molecular formula is C110H195N4O10. The first kappa shape index (κ1) is 111. The number of anilines is 2. The van der Waals surface area contributed by atoms with Crippen LogP contribution < -0.4 is 58.1 Å². The molecule has 0 bridgehead atoms. The Labute approximate surface area is 764 Å². The minimum Gasteiger partial charge on any atom is -0.490 e. The Morgan fingerprint density at radius 3 is 0.532 bits per heavy atom. The second-order valence-electron chi connectivity index (χ2n) is 36.7. The molecular weight excluding hydrogens is 1540 g/mol. The van der Waals surface area contributed by atoms with E-state index < -0.39 is 6.03 Å². The van der Waals surface area contributed by atoms with E-state index in [0.29, 0.717) is 134 Å². The molecule has 14 nitrogen and oxygen atoms in total. The van der Waals surface area contributed by atoms with Gasteiger partial charge in [0.15, 0.2) is 34.5 Å². The van der Waals surface area contributed by atoms with E-state index >= 15 is 4.79 Å². The Kier molecular flexibility index (Phi) is 72.4. The van der Waals surface area contributed by atoms with Gasteiger partial charge in [0.1, 0.15) is 0 Å². The van der Waals surface area contributed by atoms with Crippen LogP contribution in [0.3, 0.4) is 0 Å². The van der Waals surface area contributed by atoms with E-state index in [1.165, 1.54) is 331 Å². The molecule has 14 heteroatoms. The minimum atomic E-state index is -0.488. The highest BCUT2D eigenvalue weighted by Gasteiger charge is 2.37. The normalized spacial score (nSPS) is 12.2. The molecule has 1 radical (unpaired) electrons. The summed E-state index contributed by atoms with van der Waals surface area (Å²) in [6.45, 7) is 25.1. The van der Waals surface area contributed by atoms with Crippen molar-refractivity contribution in [1.82, 2.24) is 5.43 Å². The third-order valence-electron chi connectivity index (χ3n) is 24.8.